The second-order valence-corrected chi connectivity index (χ2v) is 6.31. The largest absolute Gasteiger partial charge is 0.338 e. The Morgan fingerprint density at radius 2 is 2.08 bits per heavy atom. The molecular weight excluding hydrogens is 326 g/mol. The zero-order valence-corrected chi connectivity index (χ0v) is 15.0. The van der Waals surface area contributed by atoms with Crippen molar-refractivity contribution in [1.29, 1.82) is 0 Å². The molecule has 1 aromatic heterocycles. The van der Waals surface area contributed by atoms with Gasteiger partial charge in [0.2, 0.25) is 0 Å². The monoisotopic (exact) mass is 349 g/mol. The van der Waals surface area contributed by atoms with E-state index in [1.807, 2.05) is 57.8 Å². The molecular formula is C17H24ClN5O. The molecule has 1 heterocycles. The molecule has 1 aromatic carbocycles. The van der Waals surface area contributed by atoms with E-state index in [0.717, 1.165) is 16.1 Å². The van der Waals surface area contributed by atoms with Gasteiger partial charge in [-0.15, -0.1) is 0 Å². The molecule has 1 atom stereocenters. The van der Waals surface area contributed by atoms with Gasteiger partial charge >= 0.3 is 6.03 Å². The third kappa shape index (κ3) is 5.25. The average molecular weight is 350 g/mol. The first kappa shape index (κ1) is 18.3. The Bertz CT molecular complexity index is 671. The zero-order chi connectivity index (χ0) is 17.5. The highest BCUT2D eigenvalue weighted by Gasteiger charge is 2.16. The topological polar surface area (TPSA) is 62.2 Å². The summed E-state index contributed by atoms with van der Waals surface area (Å²) in [5.74, 6) is 0. The van der Waals surface area contributed by atoms with Gasteiger partial charge < -0.3 is 15.5 Å². The lowest BCUT2D eigenvalue weighted by Crippen LogP contribution is -2.41. The van der Waals surface area contributed by atoms with Gasteiger partial charge in [0.1, 0.15) is 0 Å². The molecule has 2 rings (SSSR count). The van der Waals surface area contributed by atoms with Crippen molar-refractivity contribution < 1.29 is 4.79 Å². The molecule has 0 radical (unpaired) electrons. The van der Waals surface area contributed by atoms with Crippen LogP contribution < -0.4 is 10.6 Å². The first-order valence-corrected chi connectivity index (χ1v) is 8.25. The Hall–Kier alpha value is -2.05. The van der Waals surface area contributed by atoms with Crippen LogP contribution in [0.2, 0.25) is 5.02 Å². The minimum atomic E-state index is -0.183. The summed E-state index contributed by atoms with van der Waals surface area (Å²) in [6, 6.07) is 7.55. The first-order valence-electron chi connectivity index (χ1n) is 7.87. The van der Waals surface area contributed by atoms with Crippen LogP contribution in [0.15, 0.2) is 36.7 Å². The second-order valence-electron chi connectivity index (χ2n) is 5.90. The summed E-state index contributed by atoms with van der Waals surface area (Å²) in [6.45, 7) is 1.05. The number of aromatic nitrogens is 2. The number of halogens is 1. The molecule has 2 N–H and O–H groups in total. The molecule has 7 heteroatoms. The van der Waals surface area contributed by atoms with E-state index in [1.54, 1.807) is 4.68 Å². The van der Waals surface area contributed by atoms with E-state index < -0.39 is 0 Å². The summed E-state index contributed by atoms with van der Waals surface area (Å²) in [4.78, 5) is 14.0. The number of likely N-dealkylation sites (N-methyl/N-ethyl adjacent to an activating group) is 1. The molecule has 0 aliphatic rings. The fourth-order valence-electron chi connectivity index (χ4n) is 2.47. The fourth-order valence-corrected chi connectivity index (χ4v) is 2.70. The average Bonchev–Trinajstić information content (AvgIpc) is 2.95. The second kappa shape index (κ2) is 8.70. The third-order valence-electron chi connectivity index (χ3n) is 3.83. The summed E-state index contributed by atoms with van der Waals surface area (Å²) in [6.07, 6.45) is 4.48. The van der Waals surface area contributed by atoms with E-state index in [4.69, 9.17) is 11.6 Å². The van der Waals surface area contributed by atoms with Crippen molar-refractivity contribution in [3.05, 3.63) is 52.8 Å². The normalized spacial score (nSPS) is 12.2. The zero-order valence-electron chi connectivity index (χ0n) is 14.3. The number of nitrogens with zero attached hydrogens (tertiary/aromatic N) is 3. The summed E-state index contributed by atoms with van der Waals surface area (Å²) >= 11 is 6.11. The molecule has 0 spiro atoms. The molecule has 6 nitrogen and oxygen atoms in total. The predicted octanol–water partition coefficient (Wildman–Crippen LogP) is 2.22. The lowest BCUT2D eigenvalue weighted by Gasteiger charge is -2.23. The number of urea groups is 1. The van der Waals surface area contributed by atoms with E-state index in [1.165, 1.54) is 0 Å². The van der Waals surface area contributed by atoms with Crippen molar-refractivity contribution in [2.75, 3.05) is 27.2 Å². The van der Waals surface area contributed by atoms with E-state index in [0.29, 0.717) is 19.5 Å². The highest BCUT2D eigenvalue weighted by molar-refractivity contribution is 6.31. The van der Waals surface area contributed by atoms with Gasteiger partial charge in [0.15, 0.2) is 0 Å². The number of benzene rings is 1. The minimum absolute atomic E-state index is 0.0769. The van der Waals surface area contributed by atoms with E-state index in [2.05, 4.69) is 20.6 Å². The van der Waals surface area contributed by atoms with Gasteiger partial charge in [-0.05, 0) is 32.1 Å². The molecule has 0 unspecified atom stereocenters. The van der Waals surface area contributed by atoms with Crippen molar-refractivity contribution in [2.24, 2.45) is 7.05 Å². The van der Waals surface area contributed by atoms with Gasteiger partial charge in [-0.3, -0.25) is 4.68 Å². The Morgan fingerprint density at radius 3 is 2.71 bits per heavy atom. The number of amides is 2. The Kier molecular flexibility index (Phi) is 6.63. The highest BCUT2D eigenvalue weighted by Crippen LogP contribution is 2.16. The molecule has 0 aliphatic carbocycles. The smallest absolute Gasteiger partial charge is 0.314 e. The number of nitrogens with one attached hydrogen (secondary N) is 2. The molecule has 0 fully saturated rings. The van der Waals surface area contributed by atoms with E-state index in [-0.39, 0.29) is 12.1 Å². The van der Waals surface area contributed by atoms with Crippen molar-refractivity contribution in [3.8, 4) is 0 Å². The van der Waals surface area contributed by atoms with Crippen LogP contribution in [0.3, 0.4) is 0 Å². The minimum Gasteiger partial charge on any atom is -0.338 e. The molecule has 2 aromatic rings. The Labute approximate surface area is 147 Å². The molecule has 0 bridgehead atoms. The van der Waals surface area contributed by atoms with Gasteiger partial charge in [-0.1, -0.05) is 29.8 Å². The molecule has 130 valence electrons. The number of carbonyl (C=O) groups excluding carboxylic acids is 1. The van der Waals surface area contributed by atoms with E-state index in [9.17, 15) is 4.79 Å². The lowest BCUT2D eigenvalue weighted by molar-refractivity contribution is 0.233. The maximum atomic E-state index is 12.0. The quantitative estimate of drug-likeness (QED) is 0.805. The number of aryl methyl sites for hydroxylation is 1. The van der Waals surface area contributed by atoms with E-state index >= 15 is 0 Å². The Balaban J connectivity index is 1.78. The van der Waals surface area contributed by atoms with Crippen molar-refractivity contribution in [2.45, 2.75) is 12.5 Å². The number of hydrogen-bond donors (Lipinski definition) is 2. The van der Waals surface area contributed by atoms with Crippen LogP contribution in [0.25, 0.3) is 0 Å². The van der Waals surface area contributed by atoms with Gasteiger partial charge in [0.05, 0.1) is 12.2 Å². The first-order chi connectivity index (χ1) is 11.5. The highest BCUT2D eigenvalue weighted by atomic mass is 35.5. The van der Waals surface area contributed by atoms with Gasteiger partial charge in [-0.25, -0.2) is 4.79 Å². The van der Waals surface area contributed by atoms with Gasteiger partial charge in [0, 0.05) is 36.9 Å². The summed E-state index contributed by atoms with van der Waals surface area (Å²) < 4.78 is 1.76. The fraction of sp³-hybridized carbons (Fsp3) is 0.412. The summed E-state index contributed by atoms with van der Waals surface area (Å²) in [7, 11) is 5.84. The van der Waals surface area contributed by atoms with Crippen molar-refractivity contribution in [1.82, 2.24) is 25.3 Å². The van der Waals surface area contributed by atoms with Crippen LogP contribution in [0, 0.1) is 0 Å². The number of carbonyl (C=O) groups is 1. The van der Waals surface area contributed by atoms with Crippen molar-refractivity contribution >= 4 is 17.6 Å². The number of hydrogen-bond acceptors (Lipinski definition) is 3. The summed E-state index contributed by atoms with van der Waals surface area (Å²) in [5.41, 5.74) is 2.10. The molecule has 0 saturated carbocycles. The standard InChI is InChI=1S/C17H24ClN5O/c1-22(2)16(14-10-21-23(3)12-14)11-20-17(24)19-9-8-13-6-4-5-7-15(13)18/h4-7,10,12,16H,8-9,11H2,1-3H3,(H2,19,20,24)/t16-/m1/s1. The maximum absolute atomic E-state index is 12.0. The molecule has 2 amide bonds. The van der Waals surface area contributed by atoms with Crippen LogP contribution in [-0.2, 0) is 13.5 Å². The van der Waals surface area contributed by atoms with Crippen LogP contribution in [0.4, 0.5) is 4.79 Å². The predicted molar refractivity (Wildman–Crippen MR) is 96.2 cm³/mol. The van der Waals surface area contributed by atoms with Gasteiger partial charge in [-0.2, -0.15) is 5.10 Å². The van der Waals surface area contributed by atoms with Crippen LogP contribution in [0.5, 0.6) is 0 Å². The van der Waals surface area contributed by atoms with Crippen LogP contribution >= 0.6 is 11.6 Å². The lowest BCUT2D eigenvalue weighted by atomic mass is 10.1. The number of rotatable bonds is 7. The molecule has 0 aliphatic heterocycles. The third-order valence-corrected chi connectivity index (χ3v) is 4.20. The van der Waals surface area contributed by atoms with Crippen LogP contribution in [0.1, 0.15) is 17.2 Å². The SMILES string of the molecule is CN(C)[C@H](CNC(=O)NCCc1ccccc1Cl)c1cnn(C)c1. The molecule has 24 heavy (non-hydrogen) atoms. The van der Waals surface area contributed by atoms with Crippen LogP contribution in [-0.4, -0.2) is 47.9 Å². The maximum Gasteiger partial charge on any atom is 0.314 e. The van der Waals surface area contributed by atoms with Crippen molar-refractivity contribution in [3.63, 3.8) is 0 Å². The Morgan fingerprint density at radius 1 is 1.33 bits per heavy atom. The molecule has 0 saturated heterocycles. The van der Waals surface area contributed by atoms with Gasteiger partial charge in [0.25, 0.3) is 0 Å². The summed E-state index contributed by atoms with van der Waals surface area (Å²) in [5, 5.41) is 10.7.